The lowest BCUT2D eigenvalue weighted by atomic mass is 10.3. The molecule has 4 nitrogen and oxygen atoms in total. The summed E-state index contributed by atoms with van der Waals surface area (Å²) in [5.74, 6) is 1.35. The van der Waals surface area contributed by atoms with Crippen molar-refractivity contribution in [3.05, 3.63) is 46.1 Å². The maximum Gasteiger partial charge on any atom is 0.168 e. The summed E-state index contributed by atoms with van der Waals surface area (Å²) in [5.41, 5.74) is 0.844. The Bertz CT molecular complexity index is 592. The number of ether oxygens (including phenoxy) is 1. The largest absolute Gasteiger partial charge is 0.484 e. The van der Waals surface area contributed by atoms with Gasteiger partial charge in [0.2, 0.25) is 0 Å². The van der Waals surface area contributed by atoms with Crippen LogP contribution < -0.4 is 10.1 Å². The molecule has 2 aromatic rings. The maximum atomic E-state index is 13.1. The molecule has 6 heteroatoms. The molecule has 0 bridgehead atoms. The van der Waals surface area contributed by atoms with Crippen molar-refractivity contribution in [2.45, 2.75) is 13.5 Å². The number of nitrogens with zero attached hydrogens (tertiary/aromatic N) is 2. The number of rotatable bonds is 4. The van der Waals surface area contributed by atoms with Gasteiger partial charge >= 0.3 is 0 Å². The molecule has 0 amide bonds. The van der Waals surface area contributed by atoms with Crippen LogP contribution in [0.4, 0.5) is 10.2 Å². The predicted octanol–water partition coefficient (Wildman–Crippen LogP) is 3.31. The van der Waals surface area contributed by atoms with Crippen LogP contribution in [-0.2, 0) is 6.61 Å². The molecule has 0 spiro atoms. The van der Waals surface area contributed by atoms with Gasteiger partial charge in [0.15, 0.2) is 5.82 Å². The normalized spacial score (nSPS) is 10.3. The SMILES string of the molecule is CNc1cc(C)nc(COc2cc(F)ccc2Br)n1. The van der Waals surface area contributed by atoms with Crippen LogP contribution in [-0.4, -0.2) is 17.0 Å². The molecule has 19 heavy (non-hydrogen) atoms. The minimum absolute atomic E-state index is 0.179. The fourth-order valence-corrected chi connectivity index (χ4v) is 1.91. The highest BCUT2D eigenvalue weighted by atomic mass is 79.9. The molecule has 1 aromatic heterocycles. The number of halogens is 2. The van der Waals surface area contributed by atoms with Gasteiger partial charge in [-0.2, -0.15) is 0 Å². The van der Waals surface area contributed by atoms with Crippen LogP contribution in [0.1, 0.15) is 11.5 Å². The van der Waals surface area contributed by atoms with Crippen LogP contribution >= 0.6 is 15.9 Å². The molecule has 0 saturated heterocycles. The Kier molecular flexibility index (Phi) is 4.31. The van der Waals surface area contributed by atoms with Crippen LogP contribution in [0.15, 0.2) is 28.7 Å². The Morgan fingerprint density at radius 1 is 1.32 bits per heavy atom. The van der Waals surface area contributed by atoms with E-state index in [0.717, 1.165) is 11.5 Å². The lowest BCUT2D eigenvalue weighted by Gasteiger charge is -2.09. The summed E-state index contributed by atoms with van der Waals surface area (Å²) >= 11 is 3.30. The van der Waals surface area contributed by atoms with Gasteiger partial charge in [-0.3, -0.25) is 0 Å². The number of hydrogen-bond donors (Lipinski definition) is 1. The van der Waals surface area contributed by atoms with Gasteiger partial charge in [0.05, 0.1) is 4.47 Å². The van der Waals surface area contributed by atoms with Gasteiger partial charge in [-0.15, -0.1) is 0 Å². The highest BCUT2D eigenvalue weighted by molar-refractivity contribution is 9.10. The lowest BCUT2D eigenvalue weighted by molar-refractivity contribution is 0.292. The Morgan fingerprint density at radius 3 is 2.84 bits per heavy atom. The molecular formula is C13H13BrFN3O. The molecule has 0 aliphatic carbocycles. The monoisotopic (exact) mass is 325 g/mol. The third-order valence-corrected chi connectivity index (χ3v) is 3.06. The first kappa shape index (κ1) is 13.7. The van der Waals surface area contributed by atoms with Gasteiger partial charge in [0, 0.05) is 24.9 Å². The highest BCUT2D eigenvalue weighted by Crippen LogP contribution is 2.26. The lowest BCUT2D eigenvalue weighted by Crippen LogP contribution is -2.05. The molecule has 0 atom stereocenters. The summed E-state index contributed by atoms with van der Waals surface area (Å²) in [6.07, 6.45) is 0. The van der Waals surface area contributed by atoms with E-state index in [9.17, 15) is 4.39 Å². The van der Waals surface area contributed by atoms with E-state index >= 15 is 0 Å². The van der Waals surface area contributed by atoms with Crippen LogP contribution in [0.2, 0.25) is 0 Å². The molecule has 1 aromatic carbocycles. The third kappa shape index (κ3) is 3.64. The number of nitrogens with one attached hydrogen (secondary N) is 1. The molecule has 2 rings (SSSR count). The summed E-state index contributed by atoms with van der Waals surface area (Å²) < 4.78 is 19.3. The minimum atomic E-state index is -0.348. The van der Waals surface area contributed by atoms with Gasteiger partial charge in [-0.1, -0.05) is 0 Å². The molecule has 0 aliphatic heterocycles. The smallest absolute Gasteiger partial charge is 0.168 e. The first-order chi connectivity index (χ1) is 9.08. The van der Waals surface area contributed by atoms with Gasteiger partial charge < -0.3 is 10.1 Å². The molecule has 0 aliphatic rings. The van der Waals surface area contributed by atoms with Crippen molar-refractivity contribution < 1.29 is 9.13 Å². The van der Waals surface area contributed by atoms with Gasteiger partial charge in [-0.05, 0) is 35.0 Å². The zero-order valence-electron chi connectivity index (χ0n) is 10.6. The molecule has 0 saturated carbocycles. The van der Waals surface area contributed by atoms with Crippen molar-refractivity contribution in [2.75, 3.05) is 12.4 Å². The second kappa shape index (κ2) is 5.97. The van der Waals surface area contributed by atoms with Crippen LogP contribution in [0, 0.1) is 12.7 Å². The zero-order chi connectivity index (χ0) is 13.8. The fourth-order valence-electron chi connectivity index (χ4n) is 1.55. The van der Waals surface area contributed by atoms with Crippen LogP contribution in [0.3, 0.4) is 0 Å². The van der Waals surface area contributed by atoms with Crippen molar-refractivity contribution in [1.82, 2.24) is 9.97 Å². The number of anilines is 1. The van der Waals surface area contributed by atoms with Crippen molar-refractivity contribution in [2.24, 2.45) is 0 Å². The number of aryl methyl sites for hydroxylation is 1. The predicted molar refractivity (Wildman–Crippen MR) is 74.7 cm³/mol. The highest BCUT2D eigenvalue weighted by Gasteiger charge is 2.06. The Balaban J connectivity index is 2.14. The Morgan fingerprint density at radius 2 is 2.11 bits per heavy atom. The summed E-state index contributed by atoms with van der Waals surface area (Å²) in [5, 5.41) is 2.95. The van der Waals surface area contributed by atoms with E-state index < -0.39 is 0 Å². The van der Waals surface area contributed by atoms with Gasteiger partial charge in [0.25, 0.3) is 0 Å². The van der Waals surface area contributed by atoms with Crippen molar-refractivity contribution in [1.29, 1.82) is 0 Å². The van der Waals surface area contributed by atoms with Crippen molar-refractivity contribution in [3.8, 4) is 5.75 Å². The van der Waals surface area contributed by atoms with Gasteiger partial charge in [-0.25, -0.2) is 14.4 Å². The number of aromatic nitrogens is 2. The van der Waals surface area contributed by atoms with E-state index in [1.54, 1.807) is 13.1 Å². The summed E-state index contributed by atoms with van der Waals surface area (Å²) in [6, 6.07) is 6.11. The molecular weight excluding hydrogens is 313 g/mol. The fraction of sp³-hybridized carbons (Fsp3) is 0.231. The van der Waals surface area contributed by atoms with Crippen LogP contribution in [0.25, 0.3) is 0 Å². The van der Waals surface area contributed by atoms with E-state index in [-0.39, 0.29) is 12.4 Å². The summed E-state index contributed by atoms with van der Waals surface area (Å²) in [6.45, 7) is 2.06. The van der Waals surface area contributed by atoms with E-state index in [1.807, 2.05) is 13.0 Å². The molecule has 0 radical (unpaired) electrons. The minimum Gasteiger partial charge on any atom is -0.484 e. The molecule has 100 valence electrons. The molecule has 1 heterocycles. The van der Waals surface area contributed by atoms with E-state index in [4.69, 9.17) is 4.74 Å². The maximum absolute atomic E-state index is 13.1. The zero-order valence-corrected chi connectivity index (χ0v) is 12.2. The first-order valence-electron chi connectivity index (χ1n) is 5.68. The first-order valence-corrected chi connectivity index (χ1v) is 6.48. The average molecular weight is 326 g/mol. The molecule has 0 fully saturated rings. The Hall–Kier alpha value is -1.69. The van der Waals surface area contributed by atoms with E-state index in [2.05, 4.69) is 31.2 Å². The van der Waals surface area contributed by atoms with Crippen LogP contribution in [0.5, 0.6) is 5.75 Å². The van der Waals surface area contributed by atoms with E-state index in [1.165, 1.54) is 12.1 Å². The summed E-state index contributed by atoms with van der Waals surface area (Å²) in [4.78, 5) is 8.53. The van der Waals surface area contributed by atoms with Gasteiger partial charge in [0.1, 0.15) is 24.0 Å². The standard InChI is InChI=1S/C13H13BrFN3O/c1-8-5-12(16-2)18-13(17-8)7-19-11-6-9(15)3-4-10(11)14/h3-6H,7H2,1-2H3,(H,16,17,18). The molecule has 0 unspecified atom stereocenters. The number of benzene rings is 1. The van der Waals surface area contributed by atoms with Crippen molar-refractivity contribution >= 4 is 21.7 Å². The third-order valence-electron chi connectivity index (χ3n) is 2.41. The average Bonchev–Trinajstić information content (AvgIpc) is 2.39. The second-order valence-electron chi connectivity index (χ2n) is 3.92. The topological polar surface area (TPSA) is 47.0 Å². The molecule has 1 N–H and O–H groups in total. The second-order valence-corrected chi connectivity index (χ2v) is 4.78. The Labute approximate surface area is 119 Å². The van der Waals surface area contributed by atoms with Crippen molar-refractivity contribution in [3.63, 3.8) is 0 Å². The van der Waals surface area contributed by atoms with E-state index in [0.29, 0.717) is 16.0 Å². The quantitative estimate of drug-likeness (QED) is 0.936. The number of hydrogen-bond acceptors (Lipinski definition) is 4. The summed E-state index contributed by atoms with van der Waals surface area (Å²) in [7, 11) is 1.79.